The van der Waals surface area contributed by atoms with Crippen molar-refractivity contribution in [3.8, 4) is 5.75 Å². The van der Waals surface area contributed by atoms with Gasteiger partial charge >= 0.3 is 0 Å². The highest BCUT2D eigenvalue weighted by atomic mass is 35.5. The van der Waals surface area contributed by atoms with Crippen molar-refractivity contribution in [2.45, 2.75) is 13.0 Å². The molecule has 0 bridgehead atoms. The first-order valence-corrected chi connectivity index (χ1v) is 6.33. The average molecular weight is 262 g/mol. The Balaban J connectivity index is 1.86. The Labute approximate surface area is 113 Å². The number of hydrogen-bond donors (Lipinski definition) is 1. The quantitative estimate of drug-likeness (QED) is 0.870. The molecule has 1 atom stereocenters. The molecule has 2 rings (SSSR count). The zero-order valence-electron chi connectivity index (χ0n) is 10.3. The Morgan fingerprint density at radius 3 is 2.44 bits per heavy atom. The highest BCUT2D eigenvalue weighted by Gasteiger charge is 2.04. The molecular weight excluding hydrogens is 246 g/mol. The molecule has 2 nitrogen and oxygen atoms in total. The van der Waals surface area contributed by atoms with Gasteiger partial charge in [0.05, 0.1) is 17.3 Å². The Bertz CT molecular complexity index is 487. The zero-order valence-corrected chi connectivity index (χ0v) is 11.0. The molecule has 2 aromatic rings. The van der Waals surface area contributed by atoms with Gasteiger partial charge in [0.2, 0.25) is 0 Å². The predicted octanol–water partition coefficient (Wildman–Crippen LogP) is 4.22. The number of hydrogen-bond acceptors (Lipinski definition) is 2. The number of anilines is 1. The lowest BCUT2D eigenvalue weighted by Gasteiger charge is -2.16. The molecule has 0 saturated heterocycles. The van der Waals surface area contributed by atoms with Gasteiger partial charge in [-0.2, -0.15) is 0 Å². The van der Waals surface area contributed by atoms with Crippen molar-refractivity contribution < 1.29 is 4.74 Å². The molecule has 0 amide bonds. The van der Waals surface area contributed by atoms with E-state index in [1.165, 1.54) is 0 Å². The molecule has 0 saturated carbocycles. The van der Waals surface area contributed by atoms with Crippen molar-refractivity contribution in [3.63, 3.8) is 0 Å². The summed E-state index contributed by atoms with van der Waals surface area (Å²) in [4.78, 5) is 0. The largest absolute Gasteiger partial charge is 0.489 e. The molecule has 1 N–H and O–H groups in total. The van der Waals surface area contributed by atoms with Crippen LogP contribution in [-0.2, 0) is 0 Å². The van der Waals surface area contributed by atoms with Gasteiger partial charge < -0.3 is 10.1 Å². The van der Waals surface area contributed by atoms with E-state index in [1.807, 2.05) is 61.5 Å². The number of ether oxygens (including phenoxy) is 1. The van der Waals surface area contributed by atoms with E-state index in [4.69, 9.17) is 16.3 Å². The van der Waals surface area contributed by atoms with Gasteiger partial charge in [-0.25, -0.2) is 0 Å². The highest BCUT2D eigenvalue weighted by Crippen LogP contribution is 2.20. The lowest BCUT2D eigenvalue weighted by atomic mass is 10.3. The third-order valence-corrected chi connectivity index (χ3v) is 2.86. The molecule has 0 aromatic heterocycles. The lowest BCUT2D eigenvalue weighted by Crippen LogP contribution is -2.22. The first-order chi connectivity index (χ1) is 8.75. The van der Waals surface area contributed by atoms with Gasteiger partial charge in [0.25, 0.3) is 0 Å². The van der Waals surface area contributed by atoms with Crippen LogP contribution in [-0.4, -0.2) is 12.6 Å². The molecule has 0 aliphatic carbocycles. The monoisotopic (exact) mass is 261 g/mol. The van der Waals surface area contributed by atoms with E-state index in [-0.39, 0.29) is 6.10 Å². The summed E-state index contributed by atoms with van der Waals surface area (Å²) in [6.45, 7) is 2.73. The Kier molecular flexibility index (Phi) is 4.48. The van der Waals surface area contributed by atoms with Crippen molar-refractivity contribution in [1.29, 1.82) is 0 Å². The SMILES string of the molecule is CC(CNc1ccccc1Cl)Oc1ccccc1. The molecule has 3 heteroatoms. The second kappa shape index (κ2) is 6.31. The van der Waals surface area contributed by atoms with Crippen LogP contribution in [0, 0.1) is 0 Å². The zero-order chi connectivity index (χ0) is 12.8. The van der Waals surface area contributed by atoms with Gasteiger partial charge in [0.1, 0.15) is 11.9 Å². The number of para-hydroxylation sites is 2. The van der Waals surface area contributed by atoms with E-state index in [2.05, 4.69) is 5.32 Å². The summed E-state index contributed by atoms with van der Waals surface area (Å²) in [6.07, 6.45) is 0.0728. The summed E-state index contributed by atoms with van der Waals surface area (Å²) in [5, 5.41) is 4.00. The van der Waals surface area contributed by atoms with E-state index in [0.29, 0.717) is 6.54 Å². The number of nitrogens with one attached hydrogen (secondary N) is 1. The Morgan fingerprint density at radius 2 is 1.72 bits per heavy atom. The van der Waals surface area contributed by atoms with Crippen molar-refractivity contribution in [2.75, 3.05) is 11.9 Å². The van der Waals surface area contributed by atoms with Gasteiger partial charge in [0.15, 0.2) is 0 Å². The van der Waals surface area contributed by atoms with Crippen LogP contribution in [0.4, 0.5) is 5.69 Å². The topological polar surface area (TPSA) is 21.3 Å². The average Bonchev–Trinajstić information content (AvgIpc) is 2.39. The van der Waals surface area contributed by atoms with Gasteiger partial charge in [-0.05, 0) is 31.2 Å². The molecule has 0 aliphatic heterocycles. The lowest BCUT2D eigenvalue weighted by molar-refractivity contribution is 0.235. The molecule has 0 spiro atoms. The van der Waals surface area contributed by atoms with Crippen molar-refractivity contribution in [3.05, 3.63) is 59.6 Å². The summed E-state index contributed by atoms with van der Waals surface area (Å²) in [5.41, 5.74) is 0.933. The Morgan fingerprint density at radius 1 is 1.06 bits per heavy atom. The van der Waals surface area contributed by atoms with Gasteiger partial charge in [-0.1, -0.05) is 41.9 Å². The van der Waals surface area contributed by atoms with E-state index < -0.39 is 0 Å². The van der Waals surface area contributed by atoms with Crippen LogP contribution in [0.5, 0.6) is 5.75 Å². The number of rotatable bonds is 5. The van der Waals surface area contributed by atoms with Gasteiger partial charge in [0, 0.05) is 0 Å². The number of benzene rings is 2. The standard InChI is InChI=1S/C15H16ClNO/c1-12(18-13-7-3-2-4-8-13)11-17-15-10-6-5-9-14(15)16/h2-10,12,17H,11H2,1H3. The van der Waals surface area contributed by atoms with Crippen molar-refractivity contribution in [2.24, 2.45) is 0 Å². The van der Waals surface area contributed by atoms with Crippen LogP contribution >= 0.6 is 11.6 Å². The molecule has 0 aliphatic rings. The molecule has 94 valence electrons. The normalized spacial score (nSPS) is 11.9. The van der Waals surface area contributed by atoms with Crippen molar-refractivity contribution in [1.82, 2.24) is 0 Å². The van der Waals surface area contributed by atoms with Crippen LogP contribution in [0.15, 0.2) is 54.6 Å². The molecule has 0 fully saturated rings. The molecule has 1 unspecified atom stereocenters. The molecule has 0 radical (unpaired) electrons. The summed E-state index contributed by atoms with van der Waals surface area (Å²) >= 11 is 6.06. The fraction of sp³-hybridized carbons (Fsp3) is 0.200. The number of halogens is 1. The summed E-state index contributed by atoms with van der Waals surface area (Å²) in [6, 6.07) is 17.5. The maximum atomic E-state index is 6.06. The summed E-state index contributed by atoms with van der Waals surface area (Å²) in [5.74, 6) is 0.881. The second-order valence-electron chi connectivity index (χ2n) is 4.10. The fourth-order valence-electron chi connectivity index (χ4n) is 1.63. The highest BCUT2D eigenvalue weighted by molar-refractivity contribution is 6.33. The van der Waals surface area contributed by atoms with E-state index >= 15 is 0 Å². The molecule has 18 heavy (non-hydrogen) atoms. The van der Waals surface area contributed by atoms with E-state index in [1.54, 1.807) is 0 Å². The van der Waals surface area contributed by atoms with Crippen LogP contribution in [0.2, 0.25) is 5.02 Å². The van der Waals surface area contributed by atoms with Crippen LogP contribution in [0.25, 0.3) is 0 Å². The maximum absolute atomic E-state index is 6.06. The minimum absolute atomic E-state index is 0.0728. The molecular formula is C15H16ClNO. The summed E-state index contributed by atoms with van der Waals surface area (Å²) < 4.78 is 5.77. The smallest absolute Gasteiger partial charge is 0.119 e. The van der Waals surface area contributed by atoms with E-state index in [0.717, 1.165) is 16.5 Å². The minimum Gasteiger partial charge on any atom is -0.489 e. The van der Waals surface area contributed by atoms with Crippen LogP contribution in [0.3, 0.4) is 0 Å². The molecule has 2 aromatic carbocycles. The van der Waals surface area contributed by atoms with Crippen LogP contribution in [0.1, 0.15) is 6.92 Å². The molecule has 0 heterocycles. The predicted molar refractivity (Wildman–Crippen MR) is 76.5 cm³/mol. The summed E-state index contributed by atoms with van der Waals surface area (Å²) in [7, 11) is 0. The minimum atomic E-state index is 0.0728. The third kappa shape index (κ3) is 3.67. The maximum Gasteiger partial charge on any atom is 0.119 e. The van der Waals surface area contributed by atoms with Gasteiger partial charge in [-0.3, -0.25) is 0 Å². The van der Waals surface area contributed by atoms with Crippen molar-refractivity contribution >= 4 is 17.3 Å². The van der Waals surface area contributed by atoms with Gasteiger partial charge in [-0.15, -0.1) is 0 Å². The fourth-order valence-corrected chi connectivity index (χ4v) is 1.83. The van der Waals surface area contributed by atoms with Crippen LogP contribution < -0.4 is 10.1 Å². The second-order valence-corrected chi connectivity index (χ2v) is 4.51. The first-order valence-electron chi connectivity index (χ1n) is 5.96. The third-order valence-electron chi connectivity index (χ3n) is 2.53. The van der Waals surface area contributed by atoms with E-state index in [9.17, 15) is 0 Å². The Hall–Kier alpha value is -1.67. The first kappa shape index (κ1) is 12.8.